The van der Waals surface area contributed by atoms with E-state index in [1.165, 1.54) is 0 Å². The Kier molecular flexibility index (Phi) is 3.28. The molecule has 2 atom stereocenters. The molecule has 1 aromatic carbocycles. The number of ether oxygens (including phenoxy) is 2. The van der Waals surface area contributed by atoms with E-state index in [0.29, 0.717) is 23.8 Å². The van der Waals surface area contributed by atoms with Crippen LogP contribution < -0.4 is 19.9 Å². The van der Waals surface area contributed by atoms with Crippen LogP contribution in [0.15, 0.2) is 18.2 Å². The Labute approximate surface area is 95.2 Å². The molecule has 0 bridgehead atoms. The summed E-state index contributed by atoms with van der Waals surface area (Å²) < 4.78 is 33.8. The molecule has 0 fully saturated rings. The smallest absolute Gasteiger partial charge is 0.163 e. The van der Waals surface area contributed by atoms with Gasteiger partial charge in [-0.05, 0) is 12.1 Å². The number of nitrogens with one attached hydrogen (secondary N) is 1. The molecule has 1 heterocycles. The van der Waals surface area contributed by atoms with Crippen LogP contribution in [0.4, 0.5) is 5.69 Å². The largest absolute Gasteiger partial charge is 0.760 e. The van der Waals surface area contributed by atoms with Crippen LogP contribution in [0.1, 0.15) is 0 Å². The molecule has 1 aromatic rings. The summed E-state index contributed by atoms with van der Waals surface area (Å²) in [6.45, 7) is 0.478. The van der Waals surface area contributed by atoms with Gasteiger partial charge in [0.2, 0.25) is 0 Å². The van der Waals surface area contributed by atoms with Gasteiger partial charge in [0.05, 0.1) is 0 Å². The van der Waals surface area contributed by atoms with E-state index in [9.17, 15) is 8.76 Å². The van der Waals surface area contributed by atoms with Crippen molar-refractivity contribution in [1.29, 1.82) is 0 Å². The zero-order valence-electron chi connectivity index (χ0n) is 8.34. The number of nitrogen functional groups attached to an aromatic ring is 1. The molecular formula is C9H11N2O4S-. The van der Waals surface area contributed by atoms with Crippen LogP contribution in [-0.4, -0.2) is 28.0 Å². The molecule has 88 valence electrons. The van der Waals surface area contributed by atoms with Crippen LogP contribution in [0.5, 0.6) is 11.5 Å². The van der Waals surface area contributed by atoms with Crippen molar-refractivity contribution in [3.8, 4) is 11.5 Å². The zero-order chi connectivity index (χ0) is 11.5. The lowest BCUT2D eigenvalue weighted by atomic mass is 10.2. The first-order chi connectivity index (χ1) is 7.65. The molecule has 0 amide bonds. The Morgan fingerprint density at radius 2 is 2.38 bits per heavy atom. The second kappa shape index (κ2) is 4.69. The minimum Gasteiger partial charge on any atom is -0.760 e. The lowest BCUT2D eigenvalue weighted by Crippen LogP contribution is -2.39. The third-order valence-electron chi connectivity index (χ3n) is 2.11. The van der Waals surface area contributed by atoms with E-state index in [2.05, 4.69) is 4.72 Å². The first-order valence-electron chi connectivity index (χ1n) is 4.67. The molecule has 1 aliphatic rings. The lowest BCUT2D eigenvalue weighted by Gasteiger charge is -2.27. The SMILES string of the molecule is Nc1ccc2c(c1)O[C@@H](CNS(=O)[O-])CO2. The van der Waals surface area contributed by atoms with E-state index < -0.39 is 11.3 Å². The fraction of sp³-hybridized carbons (Fsp3) is 0.333. The highest BCUT2D eigenvalue weighted by Gasteiger charge is 2.20. The van der Waals surface area contributed by atoms with Crippen LogP contribution in [0.25, 0.3) is 0 Å². The third-order valence-corrected chi connectivity index (χ3v) is 2.52. The first-order valence-corrected chi connectivity index (χ1v) is 5.74. The van der Waals surface area contributed by atoms with Crippen LogP contribution in [0.2, 0.25) is 0 Å². The van der Waals surface area contributed by atoms with E-state index >= 15 is 0 Å². The number of anilines is 1. The summed E-state index contributed by atoms with van der Waals surface area (Å²) in [5.41, 5.74) is 6.17. The summed E-state index contributed by atoms with van der Waals surface area (Å²) in [5, 5.41) is 0. The molecule has 2 rings (SSSR count). The quantitative estimate of drug-likeness (QED) is 0.565. The fourth-order valence-electron chi connectivity index (χ4n) is 1.39. The van der Waals surface area contributed by atoms with Gasteiger partial charge in [-0.3, -0.25) is 4.21 Å². The van der Waals surface area contributed by atoms with Crippen molar-refractivity contribution < 1.29 is 18.2 Å². The Balaban J connectivity index is 2.02. The lowest BCUT2D eigenvalue weighted by molar-refractivity contribution is 0.0943. The second-order valence-electron chi connectivity index (χ2n) is 3.34. The van der Waals surface area contributed by atoms with Crippen LogP contribution in [0.3, 0.4) is 0 Å². The number of nitrogens with two attached hydrogens (primary N) is 1. The van der Waals surface area contributed by atoms with Gasteiger partial charge in [-0.2, -0.15) is 0 Å². The summed E-state index contributed by atoms with van der Waals surface area (Å²) in [7, 11) is 0. The number of fused-ring (bicyclic) bond motifs is 1. The van der Waals surface area contributed by atoms with Gasteiger partial charge in [0, 0.05) is 29.6 Å². The average Bonchev–Trinajstić information content (AvgIpc) is 2.25. The van der Waals surface area contributed by atoms with Crippen molar-refractivity contribution in [3.63, 3.8) is 0 Å². The van der Waals surface area contributed by atoms with Crippen molar-refractivity contribution in [3.05, 3.63) is 18.2 Å². The molecule has 7 heteroatoms. The molecule has 16 heavy (non-hydrogen) atoms. The summed E-state index contributed by atoms with van der Waals surface area (Å²) in [6, 6.07) is 5.09. The molecule has 1 aliphatic heterocycles. The van der Waals surface area contributed by atoms with Crippen LogP contribution in [0, 0.1) is 0 Å². The fourth-order valence-corrected chi connectivity index (χ4v) is 1.72. The highest BCUT2D eigenvalue weighted by atomic mass is 32.2. The molecule has 3 N–H and O–H groups in total. The Bertz CT molecular complexity index is 412. The van der Waals surface area contributed by atoms with Gasteiger partial charge >= 0.3 is 0 Å². The van der Waals surface area contributed by atoms with Crippen molar-refractivity contribution in [2.24, 2.45) is 0 Å². The average molecular weight is 243 g/mol. The van der Waals surface area contributed by atoms with E-state index in [1.54, 1.807) is 18.2 Å². The Morgan fingerprint density at radius 1 is 1.56 bits per heavy atom. The molecule has 0 saturated carbocycles. The standard InChI is InChI=1S/C9H12N2O4S/c10-6-1-2-8-9(3-6)15-7(5-14-8)4-11-16(12)13/h1-3,7,11H,4-5,10H2,(H,12,13)/p-1/t7-/m0/s1. The molecule has 0 saturated heterocycles. The minimum absolute atomic E-state index is 0.171. The zero-order valence-corrected chi connectivity index (χ0v) is 9.16. The molecule has 1 unspecified atom stereocenters. The Hall–Kier alpha value is -1.31. The monoisotopic (exact) mass is 243 g/mol. The van der Waals surface area contributed by atoms with Gasteiger partial charge in [-0.15, -0.1) is 0 Å². The summed E-state index contributed by atoms with van der Waals surface area (Å²) in [4.78, 5) is 0. The molecule has 0 aliphatic carbocycles. The van der Waals surface area contributed by atoms with E-state index in [-0.39, 0.29) is 12.6 Å². The van der Waals surface area contributed by atoms with E-state index in [4.69, 9.17) is 15.2 Å². The van der Waals surface area contributed by atoms with Crippen LogP contribution >= 0.6 is 0 Å². The first kappa shape index (κ1) is 11.2. The minimum atomic E-state index is -2.29. The van der Waals surface area contributed by atoms with Gasteiger partial charge in [0.1, 0.15) is 12.7 Å². The van der Waals surface area contributed by atoms with Crippen molar-refractivity contribution in [2.75, 3.05) is 18.9 Å². The number of rotatable bonds is 3. The summed E-state index contributed by atoms with van der Waals surface area (Å²) in [6.07, 6.45) is -0.341. The van der Waals surface area contributed by atoms with Crippen LogP contribution in [-0.2, 0) is 11.3 Å². The van der Waals surface area contributed by atoms with Crippen molar-refractivity contribution in [1.82, 2.24) is 4.72 Å². The van der Waals surface area contributed by atoms with Crippen molar-refractivity contribution >= 4 is 17.0 Å². The van der Waals surface area contributed by atoms with Crippen molar-refractivity contribution in [2.45, 2.75) is 6.10 Å². The third kappa shape index (κ3) is 2.63. The van der Waals surface area contributed by atoms with Gasteiger partial charge in [0.15, 0.2) is 11.5 Å². The highest BCUT2D eigenvalue weighted by Crippen LogP contribution is 2.33. The highest BCUT2D eigenvalue weighted by molar-refractivity contribution is 7.77. The van der Waals surface area contributed by atoms with Gasteiger partial charge in [-0.1, -0.05) is 0 Å². The molecule has 0 aromatic heterocycles. The summed E-state index contributed by atoms with van der Waals surface area (Å²) in [5.74, 6) is 1.16. The Morgan fingerprint density at radius 3 is 3.12 bits per heavy atom. The maximum atomic E-state index is 10.3. The normalized spacial score (nSPS) is 20.4. The molecule has 0 spiro atoms. The predicted octanol–water partition coefficient (Wildman–Crippen LogP) is -0.208. The molecule has 0 radical (unpaired) electrons. The molecule has 6 nitrogen and oxygen atoms in total. The number of benzene rings is 1. The molecular weight excluding hydrogens is 232 g/mol. The van der Waals surface area contributed by atoms with E-state index in [1.807, 2.05) is 0 Å². The maximum Gasteiger partial charge on any atom is 0.163 e. The number of hydrogen-bond donors (Lipinski definition) is 2. The maximum absolute atomic E-state index is 10.3. The summed E-state index contributed by atoms with van der Waals surface area (Å²) >= 11 is -2.29. The predicted molar refractivity (Wildman–Crippen MR) is 57.7 cm³/mol. The topological polar surface area (TPSA) is 96.6 Å². The van der Waals surface area contributed by atoms with Gasteiger partial charge < -0.3 is 19.8 Å². The number of hydrogen-bond acceptors (Lipinski definition) is 5. The van der Waals surface area contributed by atoms with Gasteiger partial charge in [-0.25, -0.2) is 4.72 Å². The van der Waals surface area contributed by atoms with Gasteiger partial charge in [0.25, 0.3) is 0 Å². The second-order valence-corrected chi connectivity index (χ2v) is 4.10. The van der Waals surface area contributed by atoms with E-state index in [0.717, 1.165) is 0 Å².